The first-order valence-corrected chi connectivity index (χ1v) is 6.60. The Morgan fingerprint density at radius 3 is 2.76 bits per heavy atom. The van der Waals surface area contributed by atoms with Crippen LogP contribution in [0.5, 0.6) is 0 Å². The first kappa shape index (κ1) is 14.0. The van der Waals surface area contributed by atoms with Crippen LogP contribution in [0.1, 0.15) is 48.9 Å². The van der Waals surface area contributed by atoms with Gasteiger partial charge in [-0.2, -0.15) is 0 Å². The average Bonchev–Trinajstić information content (AvgIpc) is 2.33. The molecule has 0 aromatic heterocycles. The second-order valence-electron chi connectivity index (χ2n) is 4.73. The summed E-state index contributed by atoms with van der Waals surface area (Å²) >= 11 is 0. The maximum atomic E-state index is 3.82. The predicted octanol–water partition coefficient (Wildman–Crippen LogP) is 4.31. The number of benzene rings is 1. The van der Waals surface area contributed by atoms with Gasteiger partial charge in [-0.15, -0.1) is 6.58 Å². The second kappa shape index (κ2) is 7.29. The summed E-state index contributed by atoms with van der Waals surface area (Å²) in [5.74, 6) is 0. The van der Waals surface area contributed by atoms with Crippen molar-refractivity contribution in [2.75, 3.05) is 6.54 Å². The van der Waals surface area contributed by atoms with Crippen LogP contribution in [0.25, 0.3) is 0 Å². The van der Waals surface area contributed by atoms with E-state index in [0.717, 1.165) is 19.4 Å². The van der Waals surface area contributed by atoms with Crippen LogP contribution in [0, 0.1) is 13.8 Å². The molecule has 1 rings (SSSR count). The number of aryl methyl sites for hydroxylation is 2. The molecule has 0 radical (unpaired) electrons. The minimum absolute atomic E-state index is 0.466. The number of rotatable bonds is 7. The molecule has 0 aliphatic heterocycles. The molecule has 1 N–H and O–H groups in total. The maximum absolute atomic E-state index is 3.82. The van der Waals surface area contributed by atoms with Gasteiger partial charge < -0.3 is 5.32 Å². The lowest BCUT2D eigenvalue weighted by atomic mass is 9.95. The van der Waals surface area contributed by atoms with E-state index in [-0.39, 0.29) is 0 Å². The number of hydrogen-bond donors (Lipinski definition) is 1. The summed E-state index contributed by atoms with van der Waals surface area (Å²) < 4.78 is 0. The van der Waals surface area contributed by atoms with Gasteiger partial charge >= 0.3 is 0 Å². The van der Waals surface area contributed by atoms with E-state index < -0.39 is 0 Å². The van der Waals surface area contributed by atoms with Gasteiger partial charge in [0.1, 0.15) is 0 Å². The molecule has 1 atom stereocenters. The molecule has 0 amide bonds. The summed E-state index contributed by atoms with van der Waals surface area (Å²) in [4.78, 5) is 0. The summed E-state index contributed by atoms with van der Waals surface area (Å²) in [6.45, 7) is 11.5. The molecule has 0 saturated heterocycles. The molecule has 0 heterocycles. The van der Waals surface area contributed by atoms with Crippen LogP contribution in [0.2, 0.25) is 0 Å². The lowest BCUT2D eigenvalue weighted by molar-refractivity contribution is 0.501. The van der Waals surface area contributed by atoms with Gasteiger partial charge in [0, 0.05) is 6.04 Å². The zero-order valence-corrected chi connectivity index (χ0v) is 11.4. The molecule has 1 heteroatoms. The van der Waals surface area contributed by atoms with Crippen molar-refractivity contribution < 1.29 is 0 Å². The first-order chi connectivity index (χ1) is 8.19. The largest absolute Gasteiger partial charge is 0.310 e. The van der Waals surface area contributed by atoms with E-state index in [4.69, 9.17) is 0 Å². The third-order valence-electron chi connectivity index (χ3n) is 3.11. The lowest BCUT2D eigenvalue weighted by Crippen LogP contribution is -2.22. The molecule has 0 spiro atoms. The van der Waals surface area contributed by atoms with E-state index in [1.54, 1.807) is 0 Å². The van der Waals surface area contributed by atoms with Crippen LogP contribution in [-0.4, -0.2) is 6.54 Å². The van der Waals surface area contributed by atoms with Crippen molar-refractivity contribution in [1.82, 2.24) is 5.32 Å². The van der Waals surface area contributed by atoms with E-state index >= 15 is 0 Å². The Morgan fingerprint density at radius 2 is 2.12 bits per heavy atom. The minimum Gasteiger partial charge on any atom is -0.310 e. The van der Waals surface area contributed by atoms with Crippen LogP contribution < -0.4 is 5.32 Å². The summed E-state index contributed by atoms with van der Waals surface area (Å²) in [6, 6.07) is 7.18. The van der Waals surface area contributed by atoms with Crippen molar-refractivity contribution in [3.05, 3.63) is 47.5 Å². The topological polar surface area (TPSA) is 12.0 Å². The third-order valence-corrected chi connectivity index (χ3v) is 3.11. The van der Waals surface area contributed by atoms with E-state index in [2.05, 4.69) is 50.9 Å². The Bertz CT molecular complexity index is 355. The highest BCUT2D eigenvalue weighted by Gasteiger charge is 2.12. The highest BCUT2D eigenvalue weighted by atomic mass is 14.9. The van der Waals surface area contributed by atoms with Crippen LogP contribution in [-0.2, 0) is 0 Å². The van der Waals surface area contributed by atoms with Crippen LogP contribution in [0.15, 0.2) is 30.9 Å². The molecule has 0 aliphatic rings. The number of hydrogen-bond acceptors (Lipinski definition) is 1. The monoisotopic (exact) mass is 231 g/mol. The van der Waals surface area contributed by atoms with Gasteiger partial charge in [-0.3, -0.25) is 0 Å². The normalized spacial score (nSPS) is 12.4. The van der Waals surface area contributed by atoms with Crippen molar-refractivity contribution in [3.8, 4) is 0 Å². The van der Waals surface area contributed by atoms with Gasteiger partial charge in [0.25, 0.3) is 0 Å². The van der Waals surface area contributed by atoms with E-state index in [1.165, 1.54) is 23.1 Å². The van der Waals surface area contributed by atoms with Gasteiger partial charge in [-0.25, -0.2) is 0 Å². The number of nitrogens with one attached hydrogen (secondary N) is 1. The standard InChI is InChI=1S/C16H25N/c1-5-7-8-16(17-11-6-2)15-12-13(3)9-10-14(15)4/h5,9-10,12,16-17H,1,6-8,11H2,2-4H3. The van der Waals surface area contributed by atoms with Crippen molar-refractivity contribution in [2.45, 2.75) is 46.1 Å². The Labute approximate surface area is 106 Å². The molecule has 0 aliphatic carbocycles. The van der Waals surface area contributed by atoms with E-state index in [9.17, 15) is 0 Å². The summed E-state index contributed by atoms with van der Waals surface area (Å²) in [5, 5.41) is 3.64. The van der Waals surface area contributed by atoms with Crippen molar-refractivity contribution in [3.63, 3.8) is 0 Å². The van der Waals surface area contributed by atoms with Crippen molar-refractivity contribution >= 4 is 0 Å². The molecule has 0 fully saturated rings. The second-order valence-corrected chi connectivity index (χ2v) is 4.73. The zero-order valence-electron chi connectivity index (χ0n) is 11.4. The van der Waals surface area contributed by atoms with Crippen molar-refractivity contribution in [1.29, 1.82) is 0 Å². The Hall–Kier alpha value is -1.08. The van der Waals surface area contributed by atoms with Gasteiger partial charge in [0.2, 0.25) is 0 Å². The van der Waals surface area contributed by atoms with Crippen LogP contribution >= 0.6 is 0 Å². The first-order valence-electron chi connectivity index (χ1n) is 6.60. The molecule has 17 heavy (non-hydrogen) atoms. The SMILES string of the molecule is C=CCCC(NCCC)c1cc(C)ccc1C. The van der Waals surface area contributed by atoms with E-state index in [0.29, 0.717) is 6.04 Å². The Balaban J connectivity index is 2.85. The third kappa shape index (κ3) is 4.35. The quantitative estimate of drug-likeness (QED) is 0.689. The van der Waals surface area contributed by atoms with Crippen LogP contribution in [0.4, 0.5) is 0 Å². The van der Waals surface area contributed by atoms with E-state index in [1.807, 2.05) is 6.08 Å². The molecular weight excluding hydrogens is 206 g/mol. The fourth-order valence-corrected chi connectivity index (χ4v) is 2.11. The summed E-state index contributed by atoms with van der Waals surface area (Å²) in [6.07, 6.45) is 5.38. The zero-order chi connectivity index (χ0) is 12.7. The highest BCUT2D eigenvalue weighted by molar-refractivity contribution is 5.33. The Morgan fingerprint density at radius 1 is 1.35 bits per heavy atom. The summed E-state index contributed by atoms with van der Waals surface area (Å²) in [5.41, 5.74) is 4.17. The summed E-state index contributed by atoms with van der Waals surface area (Å²) in [7, 11) is 0. The fourth-order valence-electron chi connectivity index (χ4n) is 2.11. The molecule has 0 bridgehead atoms. The van der Waals surface area contributed by atoms with Crippen molar-refractivity contribution in [2.24, 2.45) is 0 Å². The van der Waals surface area contributed by atoms with Gasteiger partial charge in [-0.1, -0.05) is 36.8 Å². The molecule has 1 aromatic rings. The fraction of sp³-hybridized carbons (Fsp3) is 0.500. The lowest BCUT2D eigenvalue weighted by Gasteiger charge is -2.21. The molecule has 1 unspecified atom stereocenters. The molecule has 94 valence electrons. The molecule has 1 nitrogen and oxygen atoms in total. The van der Waals surface area contributed by atoms with Gasteiger partial charge in [-0.05, 0) is 50.8 Å². The molecule has 0 saturated carbocycles. The smallest absolute Gasteiger partial charge is 0.0325 e. The van der Waals surface area contributed by atoms with Gasteiger partial charge in [0.15, 0.2) is 0 Å². The molecular formula is C16H25N. The van der Waals surface area contributed by atoms with Gasteiger partial charge in [0.05, 0.1) is 0 Å². The predicted molar refractivity (Wildman–Crippen MR) is 76.4 cm³/mol. The number of allylic oxidation sites excluding steroid dienone is 1. The highest BCUT2D eigenvalue weighted by Crippen LogP contribution is 2.23. The maximum Gasteiger partial charge on any atom is 0.0325 e. The molecule has 1 aromatic carbocycles. The Kier molecular flexibility index (Phi) is 5.99. The van der Waals surface area contributed by atoms with Crippen LogP contribution in [0.3, 0.4) is 0 Å². The average molecular weight is 231 g/mol. The minimum atomic E-state index is 0.466.